The van der Waals surface area contributed by atoms with Crippen molar-refractivity contribution in [3.05, 3.63) is 287 Å². The summed E-state index contributed by atoms with van der Waals surface area (Å²) in [4.78, 5) is 0. The molecule has 0 unspecified atom stereocenters. The van der Waals surface area contributed by atoms with Crippen LogP contribution in [0.25, 0.3) is 22.3 Å². The minimum absolute atomic E-state index is 0. The average molecular weight is 1480 g/mol. The Morgan fingerprint density at radius 1 is 0.354 bits per heavy atom. The largest absolute Gasteiger partial charge is 1.00 e. The van der Waals surface area contributed by atoms with E-state index in [1.807, 2.05) is 24.3 Å². The van der Waals surface area contributed by atoms with Gasteiger partial charge in [-0.15, -0.1) is 24.0 Å². The Bertz CT molecular complexity index is 2980. The summed E-state index contributed by atoms with van der Waals surface area (Å²) in [5.41, 5.74) is 17.8. The zero-order valence-electron chi connectivity index (χ0n) is 50.5. The van der Waals surface area contributed by atoms with Crippen molar-refractivity contribution in [3.63, 3.8) is 0 Å². The molecule has 8 aromatic carbocycles. The van der Waals surface area contributed by atoms with Crippen LogP contribution in [-0.4, -0.2) is 19.0 Å². The van der Waals surface area contributed by atoms with Crippen LogP contribution in [-0.2, 0) is 86.2 Å². The van der Waals surface area contributed by atoms with Crippen LogP contribution in [0.4, 0.5) is 0 Å². The van der Waals surface area contributed by atoms with Gasteiger partial charge in [0, 0.05) is 51.7 Å². The molecule has 0 saturated heterocycles. The minimum atomic E-state index is 0. The molecule has 0 amide bonds. The van der Waals surface area contributed by atoms with Crippen LogP contribution < -0.4 is 45.6 Å². The van der Waals surface area contributed by atoms with E-state index in [4.69, 9.17) is 0 Å². The van der Waals surface area contributed by atoms with Gasteiger partial charge in [-0.1, -0.05) is 284 Å². The second-order valence-electron chi connectivity index (χ2n) is 24.5. The molecule has 4 aliphatic carbocycles. The van der Waals surface area contributed by atoms with E-state index in [2.05, 4.69) is 302 Å². The Kier molecular flexibility index (Phi) is 29.6. The summed E-state index contributed by atoms with van der Waals surface area (Å²) in [5.74, 6) is 0. The van der Waals surface area contributed by atoms with Crippen LogP contribution in [0, 0.1) is 24.3 Å². The summed E-state index contributed by atoms with van der Waals surface area (Å²) in [6, 6.07) is 72.4. The van der Waals surface area contributed by atoms with Gasteiger partial charge in [-0.2, -0.15) is 70.8 Å². The first kappa shape index (κ1) is 71.7. The zero-order chi connectivity index (χ0) is 55.8. The molecule has 0 heterocycles. The normalized spacial score (nSPS) is 12.4. The summed E-state index contributed by atoms with van der Waals surface area (Å²) >= 11 is 0. The smallest absolute Gasteiger partial charge is 0.103 e. The van der Waals surface area contributed by atoms with Gasteiger partial charge in [0.05, 0.1) is 0 Å². The monoisotopic (exact) mass is 1480 g/mol. The first-order chi connectivity index (χ1) is 37.3. The Balaban J connectivity index is 0.000000271. The van der Waals surface area contributed by atoms with Crippen molar-refractivity contribution in [2.75, 3.05) is 0 Å². The number of rotatable bonds is 4. The third kappa shape index (κ3) is 21.5. The number of allylic oxidation sites excluding steroid dienone is 8. The maximum Gasteiger partial charge on any atom is 0.103 e. The Hall–Kier alpha value is -4.53. The molecule has 0 fully saturated rings. The number of halogens is 2. The molecule has 2 radical (unpaired) electrons. The molecule has 0 atom stereocenters. The molecule has 6 heteroatoms. The van der Waals surface area contributed by atoms with Gasteiger partial charge < -0.3 is 24.8 Å². The van der Waals surface area contributed by atoms with Crippen LogP contribution in [0.3, 0.4) is 0 Å². The first-order valence-corrected chi connectivity index (χ1v) is 30.3. The molecular weight excluding hydrogens is 1400 g/mol. The molecule has 4 aliphatic rings. The number of hydrogen-bond acceptors (Lipinski definition) is 0. The molecule has 8 aromatic rings. The molecule has 0 nitrogen and oxygen atoms in total. The average Bonchev–Trinajstić information content (AvgIpc) is 4.39. The fraction of sp³-hybridized carbons (Fsp3) is 0.263. The first-order valence-electron chi connectivity index (χ1n) is 27.9. The third-order valence-corrected chi connectivity index (χ3v) is 17.0. The van der Waals surface area contributed by atoms with E-state index in [0.717, 1.165) is 25.7 Å². The van der Waals surface area contributed by atoms with Gasteiger partial charge >= 0.3 is 0 Å². The predicted molar refractivity (Wildman–Crippen MR) is 344 cm³/mol. The summed E-state index contributed by atoms with van der Waals surface area (Å²) in [5, 5.41) is 5.81. The summed E-state index contributed by atoms with van der Waals surface area (Å²) in [6.45, 7) is 27.4. The molecule has 0 spiro atoms. The zero-order valence-corrected chi connectivity index (χ0v) is 61.5. The van der Waals surface area contributed by atoms with E-state index in [9.17, 15) is 0 Å². The van der Waals surface area contributed by atoms with E-state index in [1.54, 1.807) is 0 Å². The van der Waals surface area contributed by atoms with Crippen LogP contribution in [0.1, 0.15) is 140 Å². The Labute approximate surface area is 551 Å². The fourth-order valence-electron chi connectivity index (χ4n) is 9.77. The van der Waals surface area contributed by atoms with Crippen LogP contribution >= 0.6 is 0 Å². The van der Waals surface area contributed by atoms with Crippen molar-refractivity contribution in [3.8, 4) is 22.3 Å². The Morgan fingerprint density at radius 3 is 0.890 bits per heavy atom. The second-order valence-corrected chi connectivity index (χ2v) is 27.8. The third-order valence-electron chi connectivity index (χ3n) is 14.1. The number of fused-ring (bicyclic) bond motifs is 6. The standard InChI is InChI=1S/2C21H25.2C12H11Si.2C5H5.2ClH.2Hf/c2*1-20(2,3)15-11-10-14-12-18-16(17(14)13-15)8-7-9-19(18)21(4,5)6;2*1-3-7-11(8-4-1)13-12-9-5-2-6-10-12;2*1-2-4-5-3-1;;;;/h2*7-9,11,13H,12H2,1-6H3;2*1-10,13H;2*1-3H,4H2;2*1H;;/q2*-1;;;2*-1;;;;/p-2. The SMILES string of the molecule is CC(C)(C)c1c[c-]c2c(c1)-c1cccc(C(C)(C)C)c1C2.CC(C)(C)c1c[c-]c2c(c1)-c1cccc(C(C)(C)C)c1C2.[C-]1=CC=CC1.[C-]1=CC=CC1.[Cl-].[Cl-].[Hf].[Hf].c1ccc([SiH]c2ccccc2)cc1.c1ccc([SiH]c2ccccc2)cc1. The van der Waals surface area contributed by atoms with Crippen LogP contribution in [0.15, 0.2) is 218 Å². The van der Waals surface area contributed by atoms with E-state index in [0.29, 0.717) is 0 Å². The fourth-order valence-corrected chi connectivity index (χ4v) is 12.2. The molecule has 0 bridgehead atoms. The van der Waals surface area contributed by atoms with Gasteiger partial charge in [-0.05, 0) is 45.9 Å². The molecule has 422 valence electrons. The van der Waals surface area contributed by atoms with E-state index < -0.39 is 0 Å². The van der Waals surface area contributed by atoms with E-state index in [-0.39, 0.29) is 117 Å². The van der Waals surface area contributed by atoms with Crippen LogP contribution in [0.5, 0.6) is 0 Å². The van der Waals surface area contributed by atoms with Crippen LogP contribution in [0.2, 0.25) is 0 Å². The molecule has 82 heavy (non-hydrogen) atoms. The maximum absolute atomic E-state index is 3.55. The molecule has 0 aromatic heterocycles. The van der Waals surface area contributed by atoms with Gasteiger partial charge in [0.15, 0.2) is 0 Å². The quantitative estimate of drug-likeness (QED) is 0.122. The summed E-state index contributed by atoms with van der Waals surface area (Å²) in [7, 11) is 0.543. The van der Waals surface area contributed by atoms with E-state index in [1.165, 1.54) is 87.5 Å². The molecule has 0 aliphatic heterocycles. The van der Waals surface area contributed by atoms with Crippen molar-refractivity contribution in [2.24, 2.45) is 0 Å². The minimum Gasteiger partial charge on any atom is -1.00 e. The summed E-state index contributed by atoms with van der Waals surface area (Å²) in [6.07, 6.45) is 22.1. The summed E-state index contributed by atoms with van der Waals surface area (Å²) < 4.78 is 0. The molecule has 0 saturated carbocycles. The molecular formula is C76H82Cl2Hf2Si2-6. The van der Waals surface area contributed by atoms with Gasteiger partial charge in [0.1, 0.15) is 19.0 Å². The van der Waals surface area contributed by atoms with Crippen molar-refractivity contribution in [1.29, 1.82) is 0 Å². The van der Waals surface area contributed by atoms with Gasteiger partial charge in [-0.25, -0.2) is 24.3 Å². The number of hydrogen-bond donors (Lipinski definition) is 0. The number of benzene rings is 8. The molecule has 0 N–H and O–H groups in total. The molecule has 12 rings (SSSR count). The predicted octanol–water partition coefficient (Wildman–Crippen LogP) is 10.1. The van der Waals surface area contributed by atoms with Gasteiger partial charge in [0.25, 0.3) is 0 Å². The Morgan fingerprint density at radius 2 is 0.659 bits per heavy atom. The second kappa shape index (κ2) is 33.8. The van der Waals surface area contributed by atoms with Crippen molar-refractivity contribution < 1.29 is 76.5 Å². The topological polar surface area (TPSA) is 0 Å². The van der Waals surface area contributed by atoms with Crippen molar-refractivity contribution in [1.82, 2.24) is 0 Å². The van der Waals surface area contributed by atoms with E-state index >= 15 is 0 Å². The van der Waals surface area contributed by atoms with Gasteiger partial charge in [0.2, 0.25) is 0 Å². The van der Waals surface area contributed by atoms with Crippen molar-refractivity contribution >= 4 is 39.8 Å². The van der Waals surface area contributed by atoms with Gasteiger partial charge in [-0.3, -0.25) is 12.2 Å². The maximum atomic E-state index is 3.55. The van der Waals surface area contributed by atoms with Crippen molar-refractivity contribution in [2.45, 2.75) is 130 Å².